The van der Waals surface area contributed by atoms with E-state index < -0.39 is 29.6 Å². The molecule has 0 saturated carbocycles. The van der Waals surface area contributed by atoms with Crippen LogP contribution in [-0.2, 0) is 20.9 Å². The molecule has 2 aromatic carbocycles. The number of carbonyl (C=O) groups is 4. The van der Waals surface area contributed by atoms with Crippen molar-refractivity contribution in [3.8, 4) is 5.75 Å². The zero-order valence-corrected chi connectivity index (χ0v) is 18.7. The van der Waals surface area contributed by atoms with Crippen LogP contribution in [0.3, 0.4) is 0 Å². The summed E-state index contributed by atoms with van der Waals surface area (Å²) in [6.45, 7) is -0.502. The first-order valence-corrected chi connectivity index (χ1v) is 10.6. The van der Waals surface area contributed by atoms with Crippen LogP contribution in [-0.4, -0.2) is 35.3 Å². The maximum Gasteiger partial charge on any atom is 0.331 e. The van der Waals surface area contributed by atoms with Crippen molar-refractivity contribution in [1.29, 1.82) is 0 Å². The maximum atomic E-state index is 13.0. The number of barbiturate groups is 1. The lowest BCUT2D eigenvalue weighted by Gasteiger charge is -2.25. The molecule has 2 heterocycles. The predicted octanol–water partition coefficient (Wildman–Crippen LogP) is 3.75. The molecule has 0 bridgehead atoms. The first-order valence-electron chi connectivity index (χ1n) is 10.2. The number of benzene rings is 2. The van der Waals surface area contributed by atoms with Crippen LogP contribution >= 0.6 is 11.6 Å². The third-order valence-electron chi connectivity index (χ3n) is 4.83. The predicted molar refractivity (Wildman–Crippen MR) is 123 cm³/mol. The van der Waals surface area contributed by atoms with Gasteiger partial charge in [0.25, 0.3) is 17.7 Å². The second-order valence-corrected chi connectivity index (χ2v) is 7.73. The summed E-state index contributed by atoms with van der Waals surface area (Å²) in [6, 6.07) is 12.0. The number of ether oxygens (including phenoxy) is 1. The topological polar surface area (TPSA) is 118 Å². The van der Waals surface area contributed by atoms with Crippen molar-refractivity contribution in [2.75, 3.05) is 11.9 Å². The lowest BCUT2D eigenvalue weighted by Crippen LogP contribution is -2.53. The molecular weight excluding hydrogens is 481 g/mol. The number of rotatable bonds is 7. The smallest absolute Gasteiger partial charge is 0.331 e. The van der Waals surface area contributed by atoms with Crippen LogP contribution in [0.15, 0.2) is 70.9 Å². The van der Waals surface area contributed by atoms with Crippen molar-refractivity contribution < 1.29 is 32.7 Å². The minimum absolute atomic E-state index is 0.126. The highest BCUT2D eigenvalue weighted by Gasteiger charge is 2.36. The van der Waals surface area contributed by atoms with Gasteiger partial charge in [-0.05, 0) is 60.2 Å². The SMILES string of the molecule is O=C(COc1ccc(/C=C2\C(=O)NC(=O)N(Cc3ccco3)C2=O)cc1Cl)Nc1ccc(F)cc1. The fourth-order valence-corrected chi connectivity index (χ4v) is 3.40. The molecule has 3 aromatic rings. The normalized spacial score (nSPS) is 14.7. The van der Waals surface area contributed by atoms with Crippen LogP contribution in [0.2, 0.25) is 5.02 Å². The number of hydrogen-bond acceptors (Lipinski definition) is 6. The van der Waals surface area contributed by atoms with Gasteiger partial charge in [-0.25, -0.2) is 9.18 Å². The number of furan rings is 1. The Morgan fingerprint density at radius 1 is 1.14 bits per heavy atom. The third kappa shape index (κ3) is 5.74. The average Bonchev–Trinajstić information content (AvgIpc) is 3.34. The molecule has 1 saturated heterocycles. The Labute approximate surface area is 203 Å². The summed E-state index contributed by atoms with van der Waals surface area (Å²) >= 11 is 6.24. The van der Waals surface area contributed by atoms with Gasteiger partial charge < -0.3 is 14.5 Å². The van der Waals surface area contributed by atoms with Gasteiger partial charge in [-0.3, -0.25) is 24.6 Å². The van der Waals surface area contributed by atoms with E-state index in [4.69, 9.17) is 20.8 Å². The minimum atomic E-state index is -0.853. The Morgan fingerprint density at radius 2 is 1.91 bits per heavy atom. The van der Waals surface area contributed by atoms with Gasteiger partial charge in [-0.15, -0.1) is 0 Å². The van der Waals surface area contributed by atoms with Crippen molar-refractivity contribution in [3.63, 3.8) is 0 Å². The van der Waals surface area contributed by atoms with Crippen LogP contribution in [0.4, 0.5) is 14.9 Å². The van der Waals surface area contributed by atoms with Crippen molar-refractivity contribution >= 4 is 47.1 Å². The van der Waals surface area contributed by atoms with E-state index in [0.29, 0.717) is 17.0 Å². The Balaban J connectivity index is 1.43. The number of nitrogens with zero attached hydrogens (tertiary/aromatic N) is 1. The Bertz CT molecular complexity index is 1320. The molecule has 9 nitrogen and oxygen atoms in total. The molecule has 35 heavy (non-hydrogen) atoms. The molecule has 11 heteroatoms. The van der Waals surface area contributed by atoms with Gasteiger partial charge in [0.05, 0.1) is 17.8 Å². The van der Waals surface area contributed by atoms with Gasteiger partial charge in [0.1, 0.15) is 22.9 Å². The van der Waals surface area contributed by atoms with E-state index in [0.717, 1.165) is 4.90 Å². The Hall–Kier alpha value is -4.44. The van der Waals surface area contributed by atoms with Crippen molar-refractivity contribution in [1.82, 2.24) is 10.2 Å². The van der Waals surface area contributed by atoms with Crippen molar-refractivity contribution in [3.05, 3.63) is 88.6 Å². The lowest BCUT2D eigenvalue weighted by molar-refractivity contribution is -0.130. The summed E-state index contributed by atoms with van der Waals surface area (Å²) in [6.07, 6.45) is 2.69. The largest absolute Gasteiger partial charge is 0.482 e. The zero-order chi connectivity index (χ0) is 24.9. The number of amides is 5. The summed E-state index contributed by atoms with van der Waals surface area (Å²) in [5.41, 5.74) is 0.534. The molecule has 0 atom stereocenters. The van der Waals surface area contributed by atoms with Gasteiger partial charge in [-0.1, -0.05) is 17.7 Å². The molecule has 1 aromatic heterocycles. The standard InChI is InChI=1S/C24H17ClFN3O6/c25-19-11-14(3-8-20(19)35-13-21(30)27-16-6-4-15(26)5-7-16)10-18-22(31)28-24(33)29(23(18)32)12-17-2-1-9-34-17/h1-11H,12-13H2,(H,27,30)(H,28,31,33)/b18-10+. The number of hydrogen-bond donors (Lipinski definition) is 2. The molecule has 0 aliphatic carbocycles. The molecule has 4 rings (SSSR count). The van der Waals surface area contributed by atoms with E-state index in [1.807, 2.05) is 0 Å². The van der Waals surface area contributed by atoms with Crippen molar-refractivity contribution in [2.24, 2.45) is 0 Å². The second kappa shape index (κ2) is 10.2. The van der Waals surface area contributed by atoms with E-state index in [1.165, 1.54) is 54.8 Å². The molecule has 1 aliphatic heterocycles. The van der Waals surface area contributed by atoms with E-state index in [1.54, 1.807) is 12.1 Å². The summed E-state index contributed by atoms with van der Waals surface area (Å²) in [5, 5.41) is 4.80. The monoisotopic (exact) mass is 497 g/mol. The first-order chi connectivity index (χ1) is 16.8. The van der Waals surface area contributed by atoms with E-state index >= 15 is 0 Å². The number of imide groups is 2. The molecule has 0 unspecified atom stereocenters. The molecule has 178 valence electrons. The summed E-state index contributed by atoms with van der Waals surface area (Å²) in [7, 11) is 0. The van der Waals surface area contributed by atoms with Crippen molar-refractivity contribution in [2.45, 2.75) is 6.54 Å². The molecule has 1 fully saturated rings. The molecule has 0 radical (unpaired) electrons. The van der Waals surface area contributed by atoms with Gasteiger partial charge >= 0.3 is 6.03 Å². The van der Waals surface area contributed by atoms with E-state index in [-0.39, 0.29) is 29.5 Å². The van der Waals surface area contributed by atoms with E-state index in [9.17, 15) is 23.6 Å². The highest BCUT2D eigenvalue weighted by Crippen LogP contribution is 2.27. The fourth-order valence-electron chi connectivity index (χ4n) is 3.16. The minimum Gasteiger partial charge on any atom is -0.482 e. The fraction of sp³-hybridized carbons (Fsp3) is 0.0833. The average molecular weight is 498 g/mol. The molecule has 2 N–H and O–H groups in total. The number of urea groups is 1. The van der Waals surface area contributed by atoms with Crippen LogP contribution in [0, 0.1) is 5.82 Å². The quantitative estimate of drug-likeness (QED) is 0.379. The zero-order valence-electron chi connectivity index (χ0n) is 17.9. The molecule has 1 aliphatic rings. The lowest BCUT2D eigenvalue weighted by atomic mass is 10.1. The highest BCUT2D eigenvalue weighted by atomic mass is 35.5. The summed E-state index contributed by atoms with van der Waals surface area (Å²) < 4.78 is 23.5. The second-order valence-electron chi connectivity index (χ2n) is 7.32. The molecule has 0 spiro atoms. The van der Waals surface area contributed by atoms with Crippen LogP contribution in [0.5, 0.6) is 5.75 Å². The van der Waals surface area contributed by atoms with Crippen LogP contribution < -0.4 is 15.4 Å². The number of halogens is 2. The Kier molecular flexibility index (Phi) is 6.93. The summed E-state index contributed by atoms with van der Waals surface area (Å²) in [4.78, 5) is 50.1. The third-order valence-corrected chi connectivity index (χ3v) is 5.13. The van der Waals surface area contributed by atoms with Gasteiger partial charge in [0, 0.05) is 5.69 Å². The van der Waals surface area contributed by atoms with Gasteiger partial charge in [-0.2, -0.15) is 0 Å². The Morgan fingerprint density at radius 3 is 2.60 bits per heavy atom. The van der Waals surface area contributed by atoms with Crippen LogP contribution in [0.1, 0.15) is 11.3 Å². The number of carbonyl (C=O) groups excluding carboxylic acids is 4. The molecular formula is C24H17ClFN3O6. The number of nitrogens with one attached hydrogen (secondary N) is 2. The highest BCUT2D eigenvalue weighted by molar-refractivity contribution is 6.33. The number of anilines is 1. The molecule has 5 amide bonds. The van der Waals surface area contributed by atoms with Gasteiger partial charge in [0.15, 0.2) is 6.61 Å². The van der Waals surface area contributed by atoms with Gasteiger partial charge in [0.2, 0.25) is 0 Å². The van der Waals surface area contributed by atoms with E-state index in [2.05, 4.69) is 10.6 Å². The van der Waals surface area contributed by atoms with Crippen LogP contribution in [0.25, 0.3) is 6.08 Å². The summed E-state index contributed by atoms with van der Waals surface area (Å²) in [5.74, 6) is -1.98. The maximum absolute atomic E-state index is 13.0. The first kappa shape index (κ1) is 23.7.